The minimum atomic E-state index is 0.0626. The fourth-order valence-corrected chi connectivity index (χ4v) is 1.18. The third-order valence-electron chi connectivity index (χ3n) is 1.99. The Labute approximate surface area is 76.8 Å². The summed E-state index contributed by atoms with van der Waals surface area (Å²) < 4.78 is 4.82. The predicted octanol–water partition coefficient (Wildman–Crippen LogP) is 2.52. The van der Waals surface area contributed by atoms with Gasteiger partial charge in [-0.2, -0.15) is 0 Å². The van der Waals surface area contributed by atoms with E-state index in [2.05, 4.69) is 30.9 Å². The standard InChI is InChI=1S/C10H12N2O/c1-10(2,3)8-5-4-7-6-13-12-9(7)11-8/h4-6H,1-3H3. The van der Waals surface area contributed by atoms with Gasteiger partial charge in [-0.15, -0.1) is 0 Å². The Bertz CT molecular complexity index is 426. The van der Waals surface area contributed by atoms with Gasteiger partial charge >= 0.3 is 0 Å². The quantitative estimate of drug-likeness (QED) is 0.619. The van der Waals surface area contributed by atoms with Crippen LogP contribution in [0, 0.1) is 0 Å². The summed E-state index contributed by atoms with van der Waals surface area (Å²) in [6, 6.07) is 4.00. The van der Waals surface area contributed by atoms with Crippen LogP contribution in [0.5, 0.6) is 0 Å². The first-order chi connectivity index (χ1) is 6.07. The number of hydrogen-bond donors (Lipinski definition) is 0. The number of hydrogen-bond acceptors (Lipinski definition) is 3. The molecule has 0 radical (unpaired) electrons. The zero-order valence-electron chi connectivity index (χ0n) is 8.03. The number of fused-ring (bicyclic) bond motifs is 1. The molecular weight excluding hydrogens is 164 g/mol. The minimum absolute atomic E-state index is 0.0626. The Morgan fingerprint density at radius 1 is 1.23 bits per heavy atom. The number of aromatic nitrogens is 2. The van der Waals surface area contributed by atoms with Crippen LogP contribution in [0.25, 0.3) is 11.0 Å². The molecule has 0 amide bonds. The third kappa shape index (κ3) is 1.41. The van der Waals surface area contributed by atoms with Crippen molar-refractivity contribution in [1.29, 1.82) is 0 Å². The van der Waals surface area contributed by atoms with E-state index in [0.717, 1.165) is 11.1 Å². The van der Waals surface area contributed by atoms with E-state index in [1.165, 1.54) is 0 Å². The highest BCUT2D eigenvalue weighted by Gasteiger charge is 2.16. The van der Waals surface area contributed by atoms with Crippen molar-refractivity contribution in [1.82, 2.24) is 10.1 Å². The number of rotatable bonds is 0. The van der Waals surface area contributed by atoms with Crippen molar-refractivity contribution < 1.29 is 4.52 Å². The average Bonchev–Trinajstić information content (AvgIpc) is 2.47. The molecular formula is C10H12N2O. The van der Waals surface area contributed by atoms with Crippen LogP contribution < -0.4 is 0 Å². The van der Waals surface area contributed by atoms with Gasteiger partial charge in [-0.25, -0.2) is 4.98 Å². The van der Waals surface area contributed by atoms with Gasteiger partial charge in [0, 0.05) is 11.1 Å². The fraction of sp³-hybridized carbons (Fsp3) is 0.400. The lowest BCUT2D eigenvalue weighted by Gasteiger charge is -2.16. The summed E-state index contributed by atoms with van der Waals surface area (Å²) in [6.45, 7) is 6.38. The van der Waals surface area contributed by atoms with Gasteiger partial charge in [0.2, 0.25) is 5.65 Å². The lowest BCUT2D eigenvalue weighted by atomic mass is 9.91. The molecule has 68 valence electrons. The highest BCUT2D eigenvalue weighted by atomic mass is 16.5. The Hall–Kier alpha value is -1.38. The molecule has 2 aromatic rings. The van der Waals surface area contributed by atoms with E-state index in [9.17, 15) is 0 Å². The van der Waals surface area contributed by atoms with Gasteiger partial charge in [0.1, 0.15) is 6.26 Å². The van der Waals surface area contributed by atoms with Crippen LogP contribution >= 0.6 is 0 Å². The van der Waals surface area contributed by atoms with Gasteiger partial charge in [-0.05, 0) is 12.1 Å². The summed E-state index contributed by atoms with van der Waals surface area (Å²) >= 11 is 0. The normalized spacial score (nSPS) is 12.2. The second kappa shape index (κ2) is 2.55. The van der Waals surface area contributed by atoms with Crippen LogP contribution in [-0.4, -0.2) is 10.1 Å². The van der Waals surface area contributed by atoms with Crippen molar-refractivity contribution in [2.45, 2.75) is 26.2 Å². The van der Waals surface area contributed by atoms with E-state index in [1.807, 2.05) is 12.1 Å². The molecule has 0 aliphatic rings. The summed E-state index contributed by atoms with van der Waals surface area (Å²) in [4.78, 5) is 4.40. The van der Waals surface area contributed by atoms with E-state index >= 15 is 0 Å². The van der Waals surface area contributed by atoms with Crippen LogP contribution in [0.15, 0.2) is 22.9 Å². The van der Waals surface area contributed by atoms with Crippen molar-refractivity contribution in [2.75, 3.05) is 0 Å². The summed E-state index contributed by atoms with van der Waals surface area (Å²) in [5, 5.41) is 4.76. The molecule has 0 unspecified atom stereocenters. The second-order valence-electron chi connectivity index (χ2n) is 4.17. The fourth-order valence-electron chi connectivity index (χ4n) is 1.18. The van der Waals surface area contributed by atoms with Crippen molar-refractivity contribution in [2.24, 2.45) is 0 Å². The Kier molecular flexibility index (Phi) is 1.62. The van der Waals surface area contributed by atoms with Gasteiger partial charge in [-0.3, -0.25) is 0 Å². The monoisotopic (exact) mass is 176 g/mol. The molecule has 3 nitrogen and oxygen atoms in total. The third-order valence-corrected chi connectivity index (χ3v) is 1.99. The van der Waals surface area contributed by atoms with Gasteiger partial charge in [-0.1, -0.05) is 25.9 Å². The first-order valence-electron chi connectivity index (χ1n) is 4.29. The van der Waals surface area contributed by atoms with Crippen molar-refractivity contribution in [3.05, 3.63) is 24.1 Å². The molecule has 2 heterocycles. The van der Waals surface area contributed by atoms with Gasteiger partial charge < -0.3 is 4.52 Å². The molecule has 0 aliphatic carbocycles. The van der Waals surface area contributed by atoms with Crippen molar-refractivity contribution in [3.63, 3.8) is 0 Å². The predicted molar refractivity (Wildman–Crippen MR) is 50.5 cm³/mol. The smallest absolute Gasteiger partial charge is 0.202 e. The van der Waals surface area contributed by atoms with Crippen LogP contribution in [-0.2, 0) is 5.41 Å². The Morgan fingerprint density at radius 3 is 2.69 bits per heavy atom. The lowest BCUT2D eigenvalue weighted by molar-refractivity contribution is 0.426. The average molecular weight is 176 g/mol. The molecule has 0 bridgehead atoms. The molecule has 3 heteroatoms. The number of pyridine rings is 1. The molecule has 0 fully saturated rings. The summed E-state index contributed by atoms with van der Waals surface area (Å²) in [7, 11) is 0. The Balaban J connectivity index is 2.61. The van der Waals surface area contributed by atoms with Crippen LogP contribution in [0.4, 0.5) is 0 Å². The molecule has 0 spiro atoms. The second-order valence-corrected chi connectivity index (χ2v) is 4.17. The van der Waals surface area contributed by atoms with Crippen molar-refractivity contribution in [3.8, 4) is 0 Å². The molecule has 2 aromatic heterocycles. The summed E-state index contributed by atoms with van der Waals surface area (Å²) in [6.07, 6.45) is 1.61. The summed E-state index contributed by atoms with van der Waals surface area (Å²) in [5.41, 5.74) is 1.79. The maximum Gasteiger partial charge on any atom is 0.202 e. The molecule has 0 aromatic carbocycles. The molecule has 0 saturated carbocycles. The van der Waals surface area contributed by atoms with Gasteiger partial charge in [0.25, 0.3) is 0 Å². The highest BCUT2D eigenvalue weighted by molar-refractivity contribution is 5.72. The first kappa shape index (κ1) is 8.23. The van der Waals surface area contributed by atoms with Crippen LogP contribution in [0.2, 0.25) is 0 Å². The zero-order valence-corrected chi connectivity index (χ0v) is 8.03. The number of nitrogens with zero attached hydrogens (tertiary/aromatic N) is 2. The molecule has 0 N–H and O–H groups in total. The van der Waals surface area contributed by atoms with E-state index in [4.69, 9.17) is 4.52 Å². The maximum absolute atomic E-state index is 4.82. The SMILES string of the molecule is CC(C)(C)c1ccc2conc2n1. The van der Waals surface area contributed by atoms with E-state index in [1.54, 1.807) is 6.26 Å². The van der Waals surface area contributed by atoms with Crippen LogP contribution in [0.1, 0.15) is 26.5 Å². The lowest BCUT2D eigenvalue weighted by Crippen LogP contribution is -2.13. The molecule has 2 rings (SSSR count). The van der Waals surface area contributed by atoms with Gasteiger partial charge in [0.05, 0.1) is 5.39 Å². The van der Waals surface area contributed by atoms with Gasteiger partial charge in [0.15, 0.2) is 0 Å². The maximum atomic E-state index is 4.82. The molecule has 0 saturated heterocycles. The minimum Gasteiger partial charge on any atom is -0.362 e. The first-order valence-corrected chi connectivity index (χ1v) is 4.29. The molecule has 0 atom stereocenters. The largest absolute Gasteiger partial charge is 0.362 e. The Morgan fingerprint density at radius 2 is 2.00 bits per heavy atom. The van der Waals surface area contributed by atoms with Crippen molar-refractivity contribution >= 4 is 11.0 Å². The summed E-state index contributed by atoms with van der Waals surface area (Å²) in [5.74, 6) is 0. The van der Waals surface area contributed by atoms with Crippen LogP contribution in [0.3, 0.4) is 0 Å². The van der Waals surface area contributed by atoms with E-state index in [0.29, 0.717) is 5.65 Å². The zero-order chi connectivity index (χ0) is 9.47. The topological polar surface area (TPSA) is 38.9 Å². The molecule has 0 aliphatic heterocycles. The highest BCUT2D eigenvalue weighted by Crippen LogP contribution is 2.21. The van der Waals surface area contributed by atoms with E-state index < -0.39 is 0 Å². The van der Waals surface area contributed by atoms with E-state index in [-0.39, 0.29) is 5.41 Å². The molecule has 13 heavy (non-hydrogen) atoms.